The zero-order valence-electron chi connectivity index (χ0n) is 11.0. The highest BCUT2D eigenvalue weighted by molar-refractivity contribution is 8.00. The lowest BCUT2D eigenvalue weighted by Gasteiger charge is -2.07. The summed E-state index contributed by atoms with van der Waals surface area (Å²) in [4.78, 5) is 12.5. The molecule has 0 aromatic heterocycles. The van der Waals surface area contributed by atoms with Gasteiger partial charge in [0, 0.05) is 16.3 Å². The molecule has 21 heavy (non-hydrogen) atoms. The van der Waals surface area contributed by atoms with E-state index in [1.807, 2.05) is 6.07 Å². The van der Waals surface area contributed by atoms with Gasteiger partial charge in [0.05, 0.1) is 17.4 Å². The molecule has 0 heterocycles. The molecule has 0 aliphatic heterocycles. The van der Waals surface area contributed by atoms with Crippen LogP contribution in [0.5, 0.6) is 0 Å². The van der Waals surface area contributed by atoms with Crippen LogP contribution in [0.15, 0.2) is 47.4 Å². The van der Waals surface area contributed by atoms with Gasteiger partial charge in [-0.25, -0.2) is 4.39 Å². The van der Waals surface area contributed by atoms with E-state index in [4.69, 9.17) is 11.0 Å². The Balaban J connectivity index is 1.94. The maximum absolute atomic E-state index is 12.9. The summed E-state index contributed by atoms with van der Waals surface area (Å²) in [6, 6.07) is 12.7. The molecular formula is C15H12FN3OS. The largest absolute Gasteiger partial charge is 0.398 e. The Bertz CT molecular complexity index is 712. The number of nitrogens with one attached hydrogen (secondary N) is 1. The summed E-state index contributed by atoms with van der Waals surface area (Å²) < 4.78 is 12.9. The van der Waals surface area contributed by atoms with Crippen LogP contribution in [0, 0.1) is 17.1 Å². The smallest absolute Gasteiger partial charge is 0.234 e. The summed E-state index contributed by atoms with van der Waals surface area (Å²) >= 11 is 1.22. The van der Waals surface area contributed by atoms with Gasteiger partial charge in [0.15, 0.2) is 0 Å². The minimum absolute atomic E-state index is 0.145. The highest BCUT2D eigenvalue weighted by Crippen LogP contribution is 2.25. The van der Waals surface area contributed by atoms with Gasteiger partial charge in [-0.2, -0.15) is 5.26 Å². The van der Waals surface area contributed by atoms with E-state index in [-0.39, 0.29) is 11.7 Å². The van der Waals surface area contributed by atoms with Crippen molar-refractivity contribution in [1.82, 2.24) is 0 Å². The second-order valence-electron chi connectivity index (χ2n) is 4.21. The van der Waals surface area contributed by atoms with Crippen molar-refractivity contribution in [3.05, 3.63) is 53.8 Å². The fourth-order valence-corrected chi connectivity index (χ4v) is 2.41. The Morgan fingerprint density at radius 1 is 1.33 bits per heavy atom. The number of carbonyl (C=O) groups excluding carboxylic acids is 1. The average Bonchev–Trinajstić information content (AvgIpc) is 2.46. The Morgan fingerprint density at radius 2 is 2.14 bits per heavy atom. The molecule has 2 aromatic rings. The Hall–Kier alpha value is -2.52. The molecule has 0 bridgehead atoms. The average molecular weight is 301 g/mol. The van der Waals surface area contributed by atoms with Crippen molar-refractivity contribution in [1.29, 1.82) is 5.26 Å². The van der Waals surface area contributed by atoms with Crippen molar-refractivity contribution in [2.45, 2.75) is 4.90 Å². The van der Waals surface area contributed by atoms with Crippen LogP contribution in [0.3, 0.4) is 0 Å². The summed E-state index contributed by atoms with van der Waals surface area (Å²) in [6.07, 6.45) is 0. The van der Waals surface area contributed by atoms with Crippen LogP contribution in [0.4, 0.5) is 15.8 Å². The molecule has 0 radical (unpaired) electrons. The van der Waals surface area contributed by atoms with Crippen LogP contribution in [0.25, 0.3) is 0 Å². The maximum Gasteiger partial charge on any atom is 0.234 e. The molecular weight excluding hydrogens is 289 g/mol. The lowest BCUT2D eigenvalue weighted by molar-refractivity contribution is -0.113. The van der Waals surface area contributed by atoms with Gasteiger partial charge in [-0.3, -0.25) is 4.79 Å². The van der Waals surface area contributed by atoms with Crippen molar-refractivity contribution in [2.75, 3.05) is 16.8 Å². The van der Waals surface area contributed by atoms with Crippen molar-refractivity contribution in [3.63, 3.8) is 0 Å². The lowest BCUT2D eigenvalue weighted by atomic mass is 10.2. The van der Waals surface area contributed by atoms with Crippen LogP contribution in [-0.2, 0) is 4.79 Å². The number of rotatable bonds is 4. The number of nitriles is 1. The highest BCUT2D eigenvalue weighted by atomic mass is 32.2. The van der Waals surface area contributed by atoms with Crippen molar-refractivity contribution < 1.29 is 9.18 Å². The number of thioether (sulfide) groups is 1. The van der Waals surface area contributed by atoms with E-state index >= 15 is 0 Å². The van der Waals surface area contributed by atoms with Gasteiger partial charge in [-0.15, -0.1) is 11.8 Å². The second kappa shape index (κ2) is 6.77. The first-order chi connectivity index (χ1) is 10.1. The quantitative estimate of drug-likeness (QED) is 0.672. The highest BCUT2D eigenvalue weighted by Gasteiger charge is 2.07. The van der Waals surface area contributed by atoms with Gasteiger partial charge in [0.1, 0.15) is 5.82 Å². The second-order valence-corrected chi connectivity index (χ2v) is 5.23. The standard InChI is InChI=1S/C15H12FN3OS/c16-11-4-5-14(13(18)7-11)21-9-15(20)19-12-3-1-2-10(6-12)8-17/h1-7H,9,18H2,(H,19,20). The zero-order valence-corrected chi connectivity index (χ0v) is 11.8. The first kappa shape index (κ1) is 14.9. The number of nitrogens with two attached hydrogens (primary N) is 1. The number of nitrogen functional groups attached to an aromatic ring is 1. The molecule has 6 heteroatoms. The number of halogens is 1. The first-order valence-corrected chi connectivity index (χ1v) is 7.05. The molecule has 2 aromatic carbocycles. The van der Waals surface area contributed by atoms with Crippen LogP contribution in [0.2, 0.25) is 0 Å². The maximum atomic E-state index is 12.9. The summed E-state index contributed by atoms with van der Waals surface area (Å²) in [7, 11) is 0. The summed E-state index contributed by atoms with van der Waals surface area (Å²) in [5.41, 5.74) is 7.01. The fourth-order valence-electron chi connectivity index (χ4n) is 1.66. The molecule has 0 fully saturated rings. The predicted octanol–water partition coefficient (Wildman–Crippen LogP) is 3.01. The number of carbonyl (C=O) groups is 1. The SMILES string of the molecule is N#Cc1cccc(NC(=O)CSc2ccc(F)cc2N)c1. The van der Waals surface area contributed by atoms with E-state index in [1.165, 1.54) is 23.9 Å². The fraction of sp³-hybridized carbons (Fsp3) is 0.0667. The van der Waals surface area contributed by atoms with Gasteiger partial charge in [-0.1, -0.05) is 6.07 Å². The molecule has 0 unspecified atom stereocenters. The number of anilines is 2. The van der Waals surface area contributed by atoms with Crippen molar-refractivity contribution >= 4 is 29.0 Å². The number of amides is 1. The molecule has 0 atom stereocenters. The van der Waals surface area contributed by atoms with Gasteiger partial charge < -0.3 is 11.1 Å². The summed E-state index contributed by atoms with van der Waals surface area (Å²) in [6.45, 7) is 0. The van der Waals surface area contributed by atoms with Gasteiger partial charge in [0.2, 0.25) is 5.91 Å². The van der Waals surface area contributed by atoms with E-state index in [0.29, 0.717) is 21.8 Å². The number of hydrogen-bond acceptors (Lipinski definition) is 4. The first-order valence-electron chi connectivity index (χ1n) is 6.06. The molecule has 0 aliphatic carbocycles. The van der Waals surface area contributed by atoms with Crippen LogP contribution < -0.4 is 11.1 Å². The van der Waals surface area contributed by atoms with Gasteiger partial charge >= 0.3 is 0 Å². The monoisotopic (exact) mass is 301 g/mol. The van der Waals surface area contributed by atoms with Crippen LogP contribution in [-0.4, -0.2) is 11.7 Å². The summed E-state index contributed by atoms with van der Waals surface area (Å²) in [5.74, 6) is -0.486. The van der Waals surface area contributed by atoms with E-state index in [2.05, 4.69) is 5.32 Å². The minimum Gasteiger partial charge on any atom is -0.398 e. The molecule has 2 rings (SSSR count). The van der Waals surface area contributed by atoms with E-state index < -0.39 is 5.82 Å². The third-order valence-corrected chi connectivity index (χ3v) is 3.70. The third kappa shape index (κ3) is 4.23. The zero-order chi connectivity index (χ0) is 15.2. The van der Waals surface area contributed by atoms with Crippen molar-refractivity contribution in [2.24, 2.45) is 0 Å². The van der Waals surface area contributed by atoms with Crippen LogP contribution in [0.1, 0.15) is 5.56 Å². The minimum atomic E-state index is -0.408. The molecule has 1 amide bonds. The van der Waals surface area contributed by atoms with E-state index in [1.54, 1.807) is 30.3 Å². The molecule has 0 saturated heterocycles. The number of hydrogen-bond donors (Lipinski definition) is 2. The number of nitrogens with zero attached hydrogens (tertiary/aromatic N) is 1. The normalized spacial score (nSPS) is 9.90. The third-order valence-electron chi connectivity index (χ3n) is 2.61. The predicted molar refractivity (Wildman–Crippen MR) is 81.3 cm³/mol. The van der Waals surface area contributed by atoms with Gasteiger partial charge in [0.25, 0.3) is 0 Å². The van der Waals surface area contributed by atoms with E-state index in [0.717, 1.165) is 0 Å². The lowest BCUT2D eigenvalue weighted by Crippen LogP contribution is -2.14. The van der Waals surface area contributed by atoms with Crippen molar-refractivity contribution in [3.8, 4) is 6.07 Å². The molecule has 0 saturated carbocycles. The Kier molecular flexibility index (Phi) is 4.80. The molecule has 0 aliphatic rings. The number of benzene rings is 2. The molecule has 0 spiro atoms. The Labute approximate surface area is 125 Å². The Morgan fingerprint density at radius 3 is 2.86 bits per heavy atom. The summed E-state index contributed by atoms with van der Waals surface area (Å²) in [5, 5.41) is 11.5. The van der Waals surface area contributed by atoms with E-state index in [9.17, 15) is 9.18 Å². The van der Waals surface area contributed by atoms with Gasteiger partial charge in [-0.05, 0) is 36.4 Å². The molecule has 3 N–H and O–H groups in total. The molecule has 106 valence electrons. The molecule has 4 nitrogen and oxygen atoms in total. The van der Waals surface area contributed by atoms with Crippen LogP contribution >= 0.6 is 11.8 Å². The topological polar surface area (TPSA) is 78.9 Å².